The van der Waals surface area contributed by atoms with Gasteiger partial charge in [-0.25, -0.2) is 0 Å². The Kier molecular flexibility index (Phi) is 4.74. The lowest BCUT2D eigenvalue weighted by atomic mass is 9.95. The number of nitrogens with one attached hydrogen (secondary N) is 2. The van der Waals surface area contributed by atoms with Crippen LogP contribution in [0.5, 0.6) is 0 Å². The van der Waals surface area contributed by atoms with Gasteiger partial charge in [0.15, 0.2) is 0 Å². The summed E-state index contributed by atoms with van der Waals surface area (Å²) in [4.78, 5) is 11.9. The fourth-order valence-electron chi connectivity index (χ4n) is 2.04. The Morgan fingerprint density at radius 1 is 1.44 bits per heavy atom. The van der Waals surface area contributed by atoms with Gasteiger partial charge in [0.05, 0.1) is 11.5 Å². The number of hydrogen-bond acceptors (Lipinski definition) is 3. The van der Waals surface area contributed by atoms with E-state index in [0.717, 1.165) is 13.1 Å². The van der Waals surface area contributed by atoms with E-state index in [1.54, 1.807) is 0 Å². The molecule has 0 aromatic carbocycles. The van der Waals surface area contributed by atoms with Crippen molar-refractivity contribution in [3.8, 4) is 0 Å². The lowest BCUT2D eigenvalue weighted by Crippen LogP contribution is -2.45. The summed E-state index contributed by atoms with van der Waals surface area (Å²) < 4.78 is 0. The minimum atomic E-state index is -0.745. The summed E-state index contributed by atoms with van der Waals surface area (Å²) in [5, 5.41) is 16.1. The van der Waals surface area contributed by atoms with E-state index in [0.29, 0.717) is 25.3 Å². The maximum absolute atomic E-state index is 11.9. The predicted octanol–water partition coefficient (Wildman–Crippen LogP) is 0.509. The first-order chi connectivity index (χ1) is 7.52. The zero-order valence-corrected chi connectivity index (χ0v) is 10.5. The topological polar surface area (TPSA) is 61.4 Å². The van der Waals surface area contributed by atoms with Gasteiger partial charge in [-0.05, 0) is 25.3 Å². The highest BCUT2D eigenvalue weighted by Crippen LogP contribution is 2.17. The molecule has 94 valence electrons. The Morgan fingerprint density at radius 3 is 2.50 bits per heavy atom. The van der Waals surface area contributed by atoms with Crippen molar-refractivity contribution in [2.75, 3.05) is 19.6 Å². The Bertz CT molecular complexity index is 239. The average molecular weight is 228 g/mol. The van der Waals surface area contributed by atoms with Crippen molar-refractivity contribution in [2.45, 2.75) is 39.2 Å². The summed E-state index contributed by atoms with van der Waals surface area (Å²) in [5.74, 6) is 0.507. The van der Waals surface area contributed by atoms with Crippen molar-refractivity contribution < 1.29 is 9.90 Å². The number of aliphatic hydroxyl groups is 1. The molecule has 1 aliphatic rings. The second kappa shape index (κ2) is 5.64. The van der Waals surface area contributed by atoms with Crippen LogP contribution in [0.1, 0.15) is 33.6 Å². The highest BCUT2D eigenvalue weighted by Gasteiger charge is 2.31. The van der Waals surface area contributed by atoms with Crippen LogP contribution in [0.4, 0.5) is 0 Å². The molecule has 2 atom stereocenters. The van der Waals surface area contributed by atoms with Crippen LogP contribution in [0.15, 0.2) is 0 Å². The van der Waals surface area contributed by atoms with Gasteiger partial charge in [-0.2, -0.15) is 0 Å². The summed E-state index contributed by atoms with van der Waals surface area (Å²) in [6.07, 6.45) is 1.34. The molecule has 0 bridgehead atoms. The fraction of sp³-hybridized carbons (Fsp3) is 0.917. The molecule has 0 radical (unpaired) electrons. The summed E-state index contributed by atoms with van der Waals surface area (Å²) in [5.41, 5.74) is -0.745. The van der Waals surface area contributed by atoms with Gasteiger partial charge in [0, 0.05) is 13.1 Å². The lowest BCUT2D eigenvalue weighted by Gasteiger charge is -2.26. The molecule has 16 heavy (non-hydrogen) atoms. The van der Waals surface area contributed by atoms with Crippen molar-refractivity contribution >= 4 is 5.91 Å². The van der Waals surface area contributed by atoms with E-state index in [9.17, 15) is 9.90 Å². The number of hydrogen-bond donors (Lipinski definition) is 3. The summed E-state index contributed by atoms with van der Waals surface area (Å²) in [6, 6.07) is 0. The Balaban J connectivity index is 2.40. The molecule has 0 aromatic rings. The van der Waals surface area contributed by atoms with Gasteiger partial charge in [-0.1, -0.05) is 20.8 Å². The molecule has 1 aliphatic heterocycles. The largest absolute Gasteiger partial charge is 0.388 e. The highest BCUT2D eigenvalue weighted by molar-refractivity contribution is 5.79. The van der Waals surface area contributed by atoms with Crippen LogP contribution in [-0.2, 0) is 4.79 Å². The number of carbonyl (C=O) groups excluding carboxylic acids is 1. The smallest absolute Gasteiger partial charge is 0.224 e. The molecule has 1 fully saturated rings. The van der Waals surface area contributed by atoms with Gasteiger partial charge >= 0.3 is 0 Å². The second-order valence-electron chi connectivity index (χ2n) is 4.89. The predicted molar refractivity (Wildman–Crippen MR) is 64.1 cm³/mol. The monoisotopic (exact) mass is 228 g/mol. The van der Waals surface area contributed by atoms with Crippen molar-refractivity contribution in [1.82, 2.24) is 10.6 Å². The average Bonchev–Trinajstić information content (AvgIpc) is 2.72. The van der Waals surface area contributed by atoms with Crippen molar-refractivity contribution in [3.63, 3.8) is 0 Å². The molecular formula is C12H24N2O2. The SMILES string of the molecule is CCC(O)(CC)CNC(=O)C1CNCC1C. The van der Waals surface area contributed by atoms with E-state index in [-0.39, 0.29) is 11.8 Å². The molecule has 1 amide bonds. The van der Waals surface area contributed by atoms with Gasteiger partial charge in [0.2, 0.25) is 5.91 Å². The molecule has 0 aliphatic carbocycles. The van der Waals surface area contributed by atoms with Gasteiger partial charge in [-0.15, -0.1) is 0 Å². The van der Waals surface area contributed by atoms with E-state index in [4.69, 9.17) is 0 Å². The Labute approximate surface area is 97.8 Å². The van der Waals surface area contributed by atoms with E-state index in [1.807, 2.05) is 13.8 Å². The first kappa shape index (κ1) is 13.5. The van der Waals surface area contributed by atoms with Crippen LogP contribution in [0, 0.1) is 11.8 Å². The lowest BCUT2D eigenvalue weighted by molar-refractivity contribution is -0.126. The quantitative estimate of drug-likeness (QED) is 0.642. The van der Waals surface area contributed by atoms with E-state index >= 15 is 0 Å². The van der Waals surface area contributed by atoms with Crippen LogP contribution in [0.25, 0.3) is 0 Å². The first-order valence-corrected chi connectivity index (χ1v) is 6.23. The fourth-order valence-corrected chi connectivity index (χ4v) is 2.04. The zero-order valence-electron chi connectivity index (χ0n) is 10.5. The first-order valence-electron chi connectivity index (χ1n) is 6.23. The van der Waals surface area contributed by atoms with E-state index in [1.165, 1.54) is 0 Å². The normalized spacial score (nSPS) is 25.8. The molecule has 0 spiro atoms. The third kappa shape index (κ3) is 3.19. The van der Waals surface area contributed by atoms with Crippen LogP contribution in [0.2, 0.25) is 0 Å². The highest BCUT2D eigenvalue weighted by atomic mass is 16.3. The summed E-state index contributed by atoms with van der Waals surface area (Å²) in [7, 11) is 0. The summed E-state index contributed by atoms with van der Waals surface area (Å²) in [6.45, 7) is 7.98. The van der Waals surface area contributed by atoms with Crippen LogP contribution < -0.4 is 10.6 Å². The van der Waals surface area contributed by atoms with Crippen LogP contribution >= 0.6 is 0 Å². The number of amides is 1. The van der Waals surface area contributed by atoms with Gasteiger partial charge in [0.25, 0.3) is 0 Å². The van der Waals surface area contributed by atoms with Gasteiger partial charge < -0.3 is 15.7 Å². The Hall–Kier alpha value is -0.610. The minimum Gasteiger partial charge on any atom is -0.388 e. The van der Waals surface area contributed by atoms with Crippen molar-refractivity contribution in [1.29, 1.82) is 0 Å². The van der Waals surface area contributed by atoms with E-state index in [2.05, 4.69) is 17.6 Å². The minimum absolute atomic E-state index is 0.0537. The zero-order chi connectivity index (χ0) is 12.2. The number of carbonyl (C=O) groups is 1. The van der Waals surface area contributed by atoms with Crippen LogP contribution in [0.3, 0.4) is 0 Å². The summed E-state index contributed by atoms with van der Waals surface area (Å²) >= 11 is 0. The van der Waals surface area contributed by atoms with Crippen molar-refractivity contribution in [2.24, 2.45) is 11.8 Å². The molecule has 1 rings (SSSR count). The van der Waals surface area contributed by atoms with Crippen LogP contribution in [-0.4, -0.2) is 36.2 Å². The number of rotatable bonds is 5. The molecule has 4 nitrogen and oxygen atoms in total. The molecule has 1 heterocycles. The Morgan fingerprint density at radius 2 is 2.06 bits per heavy atom. The standard InChI is InChI=1S/C12H24N2O2/c1-4-12(16,5-2)8-14-11(15)10-7-13-6-9(10)3/h9-10,13,16H,4-8H2,1-3H3,(H,14,15). The molecule has 3 N–H and O–H groups in total. The maximum Gasteiger partial charge on any atom is 0.224 e. The third-order valence-electron chi connectivity index (χ3n) is 3.76. The van der Waals surface area contributed by atoms with Crippen molar-refractivity contribution in [3.05, 3.63) is 0 Å². The molecule has 1 saturated heterocycles. The third-order valence-corrected chi connectivity index (χ3v) is 3.76. The molecule has 4 heteroatoms. The molecule has 0 aromatic heterocycles. The molecular weight excluding hydrogens is 204 g/mol. The van der Waals surface area contributed by atoms with Gasteiger partial charge in [-0.3, -0.25) is 4.79 Å². The molecule has 0 saturated carbocycles. The maximum atomic E-state index is 11.9. The van der Waals surface area contributed by atoms with Gasteiger partial charge in [0.1, 0.15) is 0 Å². The molecule has 2 unspecified atom stereocenters. The van der Waals surface area contributed by atoms with E-state index < -0.39 is 5.60 Å². The second-order valence-corrected chi connectivity index (χ2v) is 4.89.